The van der Waals surface area contributed by atoms with Gasteiger partial charge in [-0.1, -0.05) is 6.07 Å². The number of rotatable bonds is 5. The number of aromatic hydroxyl groups is 1. The standard InChI is InChI=1S/C14H19N3OS/c1-10(15-2)13-5-4-12(6-14(13)18)17(3)7-11-8-19-9-16-11/h4-6,8-10,15,18H,7H2,1-3H3. The van der Waals surface area contributed by atoms with E-state index in [0.717, 1.165) is 23.5 Å². The highest BCUT2D eigenvalue weighted by Gasteiger charge is 2.11. The number of anilines is 1. The highest BCUT2D eigenvalue weighted by Crippen LogP contribution is 2.29. The fourth-order valence-electron chi connectivity index (χ4n) is 1.94. The van der Waals surface area contributed by atoms with Gasteiger partial charge in [-0.25, -0.2) is 4.98 Å². The highest BCUT2D eigenvalue weighted by molar-refractivity contribution is 7.07. The number of hydrogen-bond donors (Lipinski definition) is 2. The molecular weight excluding hydrogens is 258 g/mol. The summed E-state index contributed by atoms with van der Waals surface area (Å²) in [5.74, 6) is 0.324. The molecule has 1 unspecified atom stereocenters. The van der Waals surface area contributed by atoms with Crippen molar-refractivity contribution in [3.05, 3.63) is 40.3 Å². The van der Waals surface area contributed by atoms with E-state index < -0.39 is 0 Å². The molecule has 2 rings (SSSR count). The van der Waals surface area contributed by atoms with Crippen molar-refractivity contribution >= 4 is 17.0 Å². The molecule has 5 heteroatoms. The Morgan fingerprint density at radius 3 is 2.84 bits per heavy atom. The van der Waals surface area contributed by atoms with Crippen molar-refractivity contribution in [1.29, 1.82) is 0 Å². The molecule has 2 N–H and O–H groups in total. The van der Waals surface area contributed by atoms with Crippen molar-refractivity contribution in [3.63, 3.8) is 0 Å². The van der Waals surface area contributed by atoms with Crippen molar-refractivity contribution in [2.45, 2.75) is 19.5 Å². The van der Waals surface area contributed by atoms with Gasteiger partial charge >= 0.3 is 0 Å². The summed E-state index contributed by atoms with van der Waals surface area (Å²) in [6.45, 7) is 2.76. The van der Waals surface area contributed by atoms with Gasteiger partial charge in [0.15, 0.2) is 0 Å². The van der Waals surface area contributed by atoms with Crippen LogP contribution in [0.25, 0.3) is 0 Å². The van der Waals surface area contributed by atoms with Crippen molar-refractivity contribution in [1.82, 2.24) is 10.3 Å². The molecule has 1 aromatic heterocycles. The number of nitrogens with zero attached hydrogens (tertiary/aromatic N) is 2. The number of thiazole rings is 1. The Bertz CT molecular complexity index is 527. The SMILES string of the molecule is CNC(C)c1ccc(N(C)Cc2cscn2)cc1O. The molecule has 0 radical (unpaired) electrons. The molecule has 2 aromatic rings. The third-order valence-electron chi connectivity index (χ3n) is 3.24. The van der Waals surface area contributed by atoms with Crippen LogP contribution in [0.2, 0.25) is 0 Å². The number of nitrogens with one attached hydrogen (secondary N) is 1. The minimum Gasteiger partial charge on any atom is -0.508 e. The van der Waals surface area contributed by atoms with Gasteiger partial charge in [-0.15, -0.1) is 11.3 Å². The predicted molar refractivity (Wildman–Crippen MR) is 79.8 cm³/mol. The fourth-order valence-corrected chi connectivity index (χ4v) is 2.49. The smallest absolute Gasteiger partial charge is 0.122 e. The van der Waals surface area contributed by atoms with Crippen molar-refractivity contribution in [3.8, 4) is 5.75 Å². The lowest BCUT2D eigenvalue weighted by molar-refractivity contribution is 0.458. The summed E-state index contributed by atoms with van der Waals surface area (Å²) >= 11 is 1.59. The van der Waals surface area contributed by atoms with Crippen molar-refractivity contribution in [2.75, 3.05) is 19.0 Å². The van der Waals surface area contributed by atoms with Gasteiger partial charge in [-0.3, -0.25) is 0 Å². The van der Waals surface area contributed by atoms with Gasteiger partial charge in [0.1, 0.15) is 5.75 Å². The summed E-state index contributed by atoms with van der Waals surface area (Å²) in [6.07, 6.45) is 0. The number of benzene rings is 1. The van der Waals surface area contributed by atoms with Gasteiger partial charge in [0.2, 0.25) is 0 Å². The Morgan fingerprint density at radius 2 is 2.26 bits per heavy atom. The number of aromatic nitrogens is 1. The van der Waals surface area contributed by atoms with Gasteiger partial charge in [-0.2, -0.15) is 0 Å². The van der Waals surface area contributed by atoms with Crippen LogP contribution in [0.15, 0.2) is 29.1 Å². The average molecular weight is 277 g/mol. The van der Waals surface area contributed by atoms with Crippen molar-refractivity contribution < 1.29 is 5.11 Å². The van der Waals surface area contributed by atoms with Gasteiger partial charge in [0.25, 0.3) is 0 Å². The first-order chi connectivity index (χ1) is 9.11. The Balaban J connectivity index is 2.15. The molecule has 0 saturated heterocycles. The molecule has 0 aliphatic rings. The maximum atomic E-state index is 10.1. The largest absolute Gasteiger partial charge is 0.508 e. The van der Waals surface area contributed by atoms with Crippen LogP contribution >= 0.6 is 11.3 Å². The van der Waals surface area contributed by atoms with Crippen LogP contribution in [0, 0.1) is 0 Å². The number of phenols is 1. The maximum absolute atomic E-state index is 10.1. The first kappa shape index (κ1) is 13.8. The fraction of sp³-hybridized carbons (Fsp3) is 0.357. The van der Waals surface area contributed by atoms with E-state index in [1.807, 2.05) is 44.0 Å². The lowest BCUT2D eigenvalue weighted by Gasteiger charge is -2.20. The molecule has 1 heterocycles. The minimum atomic E-state index is 0.137. The molecular formula is C14H19N3OS. The quantitative estimate of drug-likeness (QED) is 0.882. The molecule has 0 aliphatic heterocycles. The molecule has 0 amide bonds. The molecule has 19 heavy (non-hydrogen) atoms. The molecule has 0 saturated carbocycles. The van der Waals surface area contributed by atoms with Crippen LogP contribution in [-0.4, -0.2) is 24.2 Å². The average Bonchev–Trinajstić information content (AvgIpc) is 2.90. The van der Waals surface area contributed by atoms with Crippen LogP contribution in [0.5, 0.6) is 5.75 Å². The summed E-state index contributed by atoms with van der Waals surface area (Å²) in [5, 5.41) is 15.2. The van der Waals surface area contributed by atoms with Crippen molar-refractivity contribution in [2.24, 2.45) is 0 Å². The van der Waals surface area contributed by atoms with Crippen LogP contribution in [0.4, 0.5) is 5.69 Å². The zero-order valence-electron chi connectivity index (χ0n) is 11.4. The minimum absolute atomic E-state index is 0.137. The number of hydrogen-bond acceptors (Lipinski definition) is 5. The summed E-state index contributed by atoms with van der Waals surface area (Å²) in [7, 11) is 3.88. The molecule has 102 valence electrons. The second-order valence-corrected chi connectivity index (χ2v) is 5.31. The summed E-state index contributed by atoms with van der Waals surface area (Å²) in [6, 6.07) is 5.92. The number of phenolic OH excluding ortho intramolecular Hbond substituents is 1. The molecule has 0 aliphatic carbocycles. The second kappa shape index (κ2) is 6.04. The van der Waals surface area contributed by atoms with E-state index in [4.69, 9.17) is 0 Å². The van der Waals surface area contributed by atoms with Crippen LogP contribution in [-0.2, 0) is 6.54 Å². The van der Waals surface area contributed by atoms with Crippen LogP contribution in [0.1, 0.15) is 24.2 Å². The van der Waals surface area contributed by atoms with Gasteiger partial charge in [-0.05, 0) is 20.0 Å². The molecule has 4 nitrogen and oxygen atoms in total. The summed E-state index contributed by atoms with van der Waals surface area (Å²) in [5.41, 5.74) is 4.77. The van der Waals surface area contributed by atoms with E-state index in [2.05, 4.69) is 15.2 Å². The zero-order valence-corrected chi connectivity index (χ0v) is 12.2. The van der Waals surface area contributed by atoms with E-state index >= 15 is 0 Å². The molecule has 0 bridgehead atoms. The molecule has 0 fully saturated rings. The lowest BCUT2D eigenvalue weighted by Crippen LogP contribution is -2.17. The highest BCUT2D eigenvalue weighted by atomic mass is 32.1. The van der Waals surface area contributed by atoms with E-state index in [1.165, 1.54) is 0 Å². The van der Waals surface area contributed by atoms with Crippen LogP contribution < -0.4 is 10.2 Å². The molecule has 0 spiro atoms. The van der Waals surface area contributed by atoms with E-state index in [9.17, 15) is 5.11 Å². The first-order valence-corrected chi connectivity index (χ1v) is 7.14. The van der Waals surface area contributed by atoms with E-state index in [-0.39, 0.29) is 6.04 Å². The summed E-state index contributed by atoms with van der Waals surface area (Å²) < 4.78 is 0. The van der Waals surface area contributed by atoms with Gasteiger partial charge in [0.05, 0.1) is 17.7 Å². The predicted octanol–water partition coefficient (Wildman–Crippen LogP) is 2.77. The zero-order chi connectivity index (χ0) is 13.8. The second-order valence-electron chi connectivity index (χ2n) is 4.59. The Hall–Kier alpha value is -1.59. The lowest BCUT2D eigenvalue weighted by atomic mass is 10.1. The third kappa shape index (κ3) is 3.24. The molecule has 1 atom stereocenters. The maximum Gasteiger partial charge on any atom is 0.122 e. The van der Waals surface area contributed by atoms with Gasteiger partial charge < -0.3 is 15.3 Å². The Labute approximate surface area is 117 Å². The third-order valence-corrected chi connectivity index (χ3v) is 3.87. The summed E-state index contributed by atoms with van der Waals surface area (Å²) in [4.78, 5) is 6.34. The topological polar surface area (TPSA) is 48.4 Å². The van der Waals surface area contributed by atoms with E-state index in [0.29, 0.717) is 5.75 Å². The monoisotopic (exact) mass is 277 g/mol. The Morgan fingerprint density at radius 1 is 1.47 bits per heavy atom. The molecule has 1 aromatic carbocycles. The Kier molecular flexibility index (Phi) is 4.39. The van der Waals surface area contributed by atoms with Gasteiger partial charge in [0, 0.05) is 35.8 Å². The first-order valence-electron chi connectivity index (χ1n) is 6.20. The van der Waals surface area contributed by atoms with E-state index in [1.54, 1.807) is 17.4 Å². The van der Waals surface area contributed by atoms with Crippen LogP contribution in [0.3, 0.4) is 0 Å². The normalized spacial score (nSPS) is 12.4.